The normalized spacial score (nSPS) is 11.8. The van der Waals surface area contributed by atoms with Crippen molar-refractivity contribution in [1.82, 2.24) is 15.0 Å². The molecule has 4 rings (SSSR count). The maximum atomic E-state index is 13.0. The first kappa shape index (κ1) is 21.4. The van der Waals surface area contributed by atoms with Gasteiger partial charge in [0, 0.05) is 35.5 Å². The van der Waals surface area contributed by atoms with Gasteiger partial charge in [0.2, 0.25) is 5.91 Å². The second-order valence-electron chi connectivity index (χ2n) is 8.13. The molecule has 1 atom stereocenters. The van der Waals surface area contributed by atoms with Crippen LogP contribution in [0.5, 0.6) is 0 Å². The number of amides is 1. The number of benzene rings is 2. The summed E-state index contributed by atoms with van der Waals surface area (Å²) < 4.78 is 0. The molecular weight excluding hydrogens is 396 g/mol. The van der Waals surface area contributed by atoms with Gasteiger partial charge in [0.1, 0.15) is 5.82 Å². The number of nitrogens with one attached hydrogen (secondary N) is 1. The zero-order valence-electron chi connectivity index (χ0n) is 18.8. The Balaban J connectivity index is 1.51. The fourth-order valence-electron chi connectivity index (χ4n) is 3.64. The molecule has 2 aromatic carbocycles. The van der Waals surface area contributed by atoms with Gasteiger partial charge in [-0.05, 0) is 74.2 Å². The number of anilines is 1. The molecule has 2 aromatic heterocycles. The van der Waals surface area contributed by atoms with Gasteiger partial charge in [0.05, 0.1) is 5.92 Å². The van der Waals surface area contributed by atoms with E-state index in [1.807, 2.05) is 82.6 Å². The van der Waals surface area contributed by atoms with Crippen LogP contribution in [0, 0.1) is 20.8 Å². The Labute approximate surface area is 188 Å². The first-order valence-corrected chi connectivity index (χ1v) is 10.6. The molecule has 4 aromatic rings. The summed E-state index contributed by atoms with van der Waals surface area (Å²) in [5, 5.41) is 3.04. The van der Waals surface area contributed by atoms with Crippen LogP contribution in [-0.2, 0) is 4.79 Å². The number of nitrogens with zero attached hydrogens (tertiary/aromatic N) is 3. The minimum absolute atomic E-state index is 0.0470. The van der Waals surface area contributed by atoms with Crippen molar-refractivity contribution < 1.29 is 4.79 Å². The van der Waals surface area contributed by atoms with Crippen molar-refractivity contribution in [2.45, 2.75) is 33.6 Å². The Morgan fingerprint density at radius 1 is 0.781 bits per heavy atom. The maximum absolute atomic E-state index is 13.0. The SMILES string of the molecule is Cc1cc(-c2cnc(C)nc2)cc(C(C)C(=O)Nc2ccc(-c3ccnc(C)c3)cc2)c1. The van der Waals surface area contributed by atoms with E-state index in [4.69, 9.17) is 0 Å². The van der Waals surface area contributed by atoms with Crippen molar-refractivity contribution in [1.29, 1.82) is 0 Å². The highest BCUT2D eigenvalue weighted by Gasteiger charge is 2.17. The fourth-order valence-corrected chi connectivity index (χ4v) is 3.64. The molecule has 0 bridgehead atoms. The smallest absolute Gasteiger partial charge is 0.231 e. The van der Waals surface area contributed by atoms with Crippen LogP contribution in [0.25, 0.3) is 22.3 Å². The van der Waals surface area contributed by atoms with E-state index in [9.17, 15) is 4.79 Å². The largest absolute Gasteiger partial charge is 0.326 e. The van der Waals surface area contributed by atoms with E-state index in [0.717, 1.165) is 50.6 Å². The van der Waals surface area contributed by atoms with Crippen molar-refractivity contribution in [3.8, 4) is 22.3 Å². The number of hydrogen-bond acceptors (Lipinski definition) is 4. The van der Waals surface area contributed by atoms with Crippen LogP contribution >= 0.6 is 0 Å². The van der Waals surface area contributed by atoms with E-state index < -0.39 is 0 Å². The van der Waals surface area contributed by atoms with E-state index in [1.165, 1.54) is 0 Å². The molecule has 32 heavy (non-hydrogen) atoms. The molecule has 0 aliphatic carbocycles. The topological polar surface area (TPSA) is 67.8 Å². The molecule has 0 aliphatic rings. The number of carbonyl (C=O) groups is 1. The van der Waals surface area contributed by atoms with E-state index in [2.05, 4.69) is 32.4 Å². The van der Waals surface area contributed by atoms with E-state index >= 15 is 0 Å². The monoisotopic (exact) mass is 422 g/mol. The van der Waals surface area contributed by atoms with Gasteiger partial charge in [-0.15, -0.1) is 0 Å². The molecule has 160 valence electrons. The third-order valence-electron chi connectivity index (χ3n) is 5.49. The van der Waals surface area contributed by atoms with Gasteiger partial charge in [-0.3, -0.25) is 9.78 Å². The molecule has 1 amide bonds. The van der Waals surface area contributed by atoms with Crippen LogP contribution in [-0.4, -0.2) is 20.9 Å². The van der Waals surface area contributed by atoms with E-state index in [-0.39, 0.29) is 11.8 Å². The fraction of sp³-hybridized carbons (Fsp3) is 0.185. The highest BCUT2D eigenvalue weighted by molar-refractivity contribution is 5.96. The summed E-state index contributed by atoms with van der Waals surface area (Å²) in [7, 11) is 0. The van der Waals surface area contributed by atoms with Gasteiger partial charge >= 0.3 is 0 Å². The molecule has 5 nitrogen and oxygen atoms in total. The lowest BCUT2D eigenvalue weighted by Gasteiger charge is -2.15. The van der Waals surface area contributed by atoms with Gasteiger partial charge in [-0.25, -0.2) is 9.97 Å². The van der Waals surface area contributed by atoms with Crippen molar-refractivity contribution in [2.24, 2.45) is 0 Å². The molecule has 0 radical (unpaired) electrons. The van der Waals surface area contributed by atoms with Crippen LogP contribution in [0.3, 0.4) is 0 Å². The Hall–Kier alpha value is -3.86. The molecule has 1 N–H and O–H groups in total. The quantitative estimate of drug-likeness (QED) is 0.436. The van der Waals surface area contributed by atoms with Gasteiger partial charge in [0.15, 0.2) is 0 Å². The molecule has 0 aliphatic heterocycles. The third kappa shape index (κ3) is 4.89. The number of rotatable bonds is 5. The van der Waals surface area contributed by atoms with Crippen LogP contribution in [0.1, 0.15) is 35.5 Å². The lowest BCUT2D eigenvalue weighted by atomic mass is 9.94. The summed E-state index contributed by atoms with van der Waals surface area (Å²) in [6, 6.07) is 18.1. The zero-order chi connectivity index (χ0) is 22.7. The lowest BCUT2D eigenvalue weighted by Crippen LogP contribution is -2.19. The first-order chi connectivity index (χ1) is 15.4. The minimum Gasteiger partial charge on any atom is -0.326 e. The summed E-state index contributed by atoms with van der Waals surface area (Å²) in [6.45, 7) is 7.80. The Bertz CT molecular complexity index is 1250. The van der Waals surface area contributed by atoms with Gasteiger partial charge in [-0.1, -0.05) is 35.9 Å². The number of pyridine rings is 1. The van der Waals surface area contributed by atoms with Crippen LogP contribution in [0.2, 0.25) is 0 Å². The number of hydrogen-bond donors (Lipinski definition) is 1. The summed E-state index contributed by atoms with van der Waals surface area (Å²) in [6.07, 6.45) is 5.44. The molecule has 2 heterocycles. The zero-order valence-corrected chi connectivity index (χ0v) is 18.8. The summed E-state index contributed by atoms with van der Waals surface area (Å²) in [5.41, 5.74) is 7.95. The number of aryl methyl sites for hydroxylation is 3. The molecule has 0 saturated carbocycles. The summed E-state index contributed by atoms with van der Waals surface area (Å²) >= 11 is 0. The average Bonchev–Trinajstić information content (AvgIpc) is 2.79. The van der Waals surface area contributed by atoms with Crippen molar-refractivity contribution in [2.75, 3.05) is 5.32 Å². The maximum Gasteiger partial charge on any atom is 0.231 e. The average molecular weight is 423 g/mol. The molecule has 0 saturated heterocycles. The van der Waals surface area contributed by atoms with Crippen LogP contribution < -0.4 is 5.32 Å². The van der Waals surface area contributed by atoms with E-state index in [1.54, 1.807) is 6.20 Å². The summed E-state index contributed by atoms with van der Waals surface area (Å²) in [4.78, 5) is 25.8. The lowest BCUT2D eigenvalue weighted by molar-refractivity contribution is -0.117. The number of carbonyl (C=O) groups excluding carboxylic acids is 1. The standard InChI is InChI=1S/C27H26N4O/c1-17-11-23(14-24(12-17)25-15-29-20(4)30-16-25)19(3)27(32)31-26-7-5-21(6-8-26)22-9-10-28-18(2)13-22/h5-16,19H,1-4H3,(H,31,32). The highest BCUT2D eigenvalue weighted by Crippen LogP contribution is 2.27. The third-order valence-corrected chi connectivity index (χ3v) is 5.49. The molecular formula is C27H26N4O. The van der Waals surface area contributed by atoms with Crippen LogP contribution in [0.4, 0.5) is 5.69 Å². The van der Waals surface area contributed by atoms with Gasteiger partial charge < -0.3 is 5.32 Å². The van der Waals surface area contributed by atoms with E-state index in [0.29, 0.717) is 0 Å². The Kier molecular flexibility index (Phi) is 6.08. The molecule has 1 unspecified atom stereocenters. The second-order valence-corrected chi connectivity index (χ2v) is 8.13. The highest BCUT2D eigenvalue weighted by atomic mass is 16.1. The predicted molar refractivity (Wildman–Crippen MR) is 128 cm³/mol. The van der Waals surface area contributed by atoms with Gasteiger partial charge in [0.25, 0.3) is 0 Å². The van der Waals surface area contributed by atoms with Gasteiger partial charge in [-0.2, -0.15) is 0 Å². The Morgan fingerprint density at radius 2 is 1.50 bits per heavy atom. The summed E-state index contributed by atoms with van der Waals surface area (Å²) in [5.74, 6) is 0.385. The number of aromatic nitrogens is 3. The van der Waals surface area contributed by atoms with Crippen molar-refractivity contribution in [3.05, 3.63) is 95.8 Å². The van der Waals surface area contributed by atoms with Crippen LogP contribution in [0.15, 0.2) is 73.2 Å². The van der Waals surface area contributed by atoms with Crippen molar-refractivity contribution in [3.63, 3.8) is 0 Å². The molecule has 0 fully saturated rings. The Morgan fingerprint density at radius 3 is 2.19 bits per heavy atom. The molecule has 0 spiro atoms. The first-order valence-electron chi connectivity index (χ1n) is 10.6. The predicted octanol–water partition coefficient (Wildman–Crippen LogP) is 5.87. The molecule has 5 heteroatoms. The second kappa shape index (κ2) is 9.10. The van der Waals surface area contributed by atoms with Crippen molar-refractivity contribution >= 4 is 11.6 Å². The minimum atomic E-state index is -0.303.